The molecule has 0 saturated carbocycles. The molecular weight excluding hydrogens is 222 g/mol. The maximum Gasteiger partial charge on any atom is 0.320 e. The van der Waals surface area contributed by atoms with Crippen LogP contribution < -0.4 is 0 Å². The molecule has 0 bridgehead atoms. The van der Waals surface area contributed by atoms with Gasteiger partial charge in [-0.1, -0.05) is 38.4 Å². The van der Waals surface area contributed by atoms with Gasteiger partial charge in [0.2, 0.25) is 0 Å². The van der Waals surface area contributed by atoms with Crippen molar-refractivity contribution in [2.45, 2.75) is 59.7 Å². The third-order valence-electron chi connectivity index (χ3n) is 2.63. The molecule has 16 heavy (non-hydrogen) atoms. The summed E-state index contributed by atoms with van der Waals surface area (Å²) < 4.78 is 5.65. The molecule has 0 saturated heterocycles. The number of aliphatic hydroxyl groups is 1. The summed E-state index contributed by atoms with van der Waals surface area (Å²) in [5.74, 6) is 0. The van der Waals surface area contributed by atoms with E-state index in [0.717, 1.165) is 0 Å². The minimum atomic E-state index is -0.897. The van der Waals surface area contributed by atoms with Crippen molar-refractivity contribution in [1.29, 1.82) is 0 Å². The van der Waals surface area contributed by atoms with Crippen LogP contribution in [0.5, 0.6) is 0 Å². The fraction of sp³-hybridized carbons (Fsp3) is 0.833. The molecule has 2 nitrogen and oxygen atoms in total. The van der Waals surface area contributed by atoms with E-state index in [4.69, 9.17) is 16.3 Å². The van der Waals surface area contributed by atoms with Crippen LogP contribution in [0.25, 0.3) is 0 Å². The number of allylic oxidation sites excluding steroid dienone is 1. The molecular formula is C12H24BClO2. The van der Waals surface area contributed by atoms with E-state index in [2.05, 4.69) is 20.8 Å². The predicted octanol–water partition coefficient (Wildman–Crippen LogP) is 3.03. The maximum atomic E-state index is 9.90. The Morgan fingerprint density at radius 2 is 1.56 bits per heavy atom. The summed E-state index contributed by atoms with van der Waals surface area (Å²) in [5, 5.41) is 9.90. The monoisotopic (exact) mass is 246 g/mol. The Morgan fingerprint density at radius 3 is 1.88 bits per heavy atom. The second kappa shape index (κ2) is 5.11. The molecule has 0 radical (unpaired) electrons. The van der Waals surface area contributed by atoms with Gasteiger partial charge >= 0.3 is 7.48 Å². The van der Waals surface area contributed by atoms with E-state index in [9.17, 15) is 5.11 Å². The van der Waals surface area contributed by atoms with Crippen molar-refractivity contribution in [2.75, 3.05) is 0 Å². The summed E-state index contributed by atoms with van der Waals surface area (Å²) in [6, 6.07) is 0. The second-order valence-electron chi connectivity index (χ2n) is 6.32. The maximum absolute atomic E-state index is 9.90. The lowest BCUT2D eigenvalue weighted by atomic mass is 9.85. The number of hydrogen-bond acceptors (Lipinski definition) is 2. The largest absolute Gasteiger partial charge is 0.426 e. The summed E-state index contributed by atoms with van der Waals surface area (Å²) in [7, 11) is 0.329. The van der Waals surface area contributed by atoms with Gasteiger partial charge in [0.05, 0.1) is 11.2 Å². The standard InChI is InChI=1S/C12H24BClO2/c1-10(2,3)8-9(14)13-16-12(6,7)11(4,5)15/h8,13,15H,1-7H3/b9-8+. The molecule has 0 heterocycles. The first-order valence-corrected chi connectivity index (χ1v) is 5.96. The lowest BCUT2D eigenvalue weighted by Gasteiger charge is -2.37. The average molecular weight is 247 g/mol. The minimum Gasteiger partial charge on any atom is -0.426 e. The summed E-state index contributed by atoms with van der Waals surface area (Å²) >= 11 is 6.08. The zero-order chi connectivity index (χ0) is 13.2. The summed E-state index contributed by atoms with van der Waals surface area (Å²) in [6.07, 6.45) is 1.97. The summed E-state index contributed by atoms with van der Waals surface area (Å²) in [4.78, 5) is 0.671. The Balaban J connectivity index is 4.43. The lowest BCUT2D eigenvalue weighted by molar-refractivity contribution is -0.0895. The Hall–Kier alpha value is 0.0149. The molecule has 0 amide bonds. The van der Waals surface area contributed by atoms with Crippen LogP contribution in [-0.4, -0.2) is 23.8 Å². The lowest BCUT2D eigenvalue weighted by Crippen LogP contribution is -2.48. The predicted molar refractivity (Wildman–Crippen MR) is 72.0 cm³/mol. The van der Waals surface area contributed by atoms with Gasteiger partial charge in [-0.15, -0.1) is 0 Å². The van der Waals surface area contributed by atoms with Crippen molar-refractivity contribution in [1.82, 2.24) is 0 Å². The topological polar surface area (TPSA) is 29.5 Å². The fourth-order valence-corrected chi connectivity index (χ4v) is 1.32. The highest BCUT2D eigenvalue weighted by molar-refractivity contribution is 6.59. The Kier molecular flexibility index (Phi) is 5.12. The van der Waals surface area contributed by atoms with E-state index in [-0.39, 0.29) is 5.41 Å². The van der Waals surface area contributed by atoms with Crippen LogP contribution >= 0.6 is 11.6 Å². The molecule has 0 aliphatic heterocycles. The van der Waals surface area contributed by atoms with E-state index in [1.54, 1.807) is 13.8 Å². The van der Waals surface area contributed by atoms with Gasteiger partial charge in [0.25, 0.3) is 0 Å². The summed E-state index contributed by atoms with van der Waals surface area (Å²) in [5.41, 5.74) is -1.48. The highest BCUT2D eigenvalue weighted by Crippen LogP contribution is 2.26. The molecule has 0 aromatic carbocycles. The Morgan fingerprint density at radius 1 is 1.12 bits per heavy atom. The molecule has 94 valence electrons. The van der Waals surface area contributed by atoms with Crippen LogP contribution in [0.15, 0.2) is 11.0 Å². The van der Waals surface area contributed by atoms with Gasteiger partial charge in [-0.2, -0.15) is 0 Å². The number of hydrogen-bond donors (Lipinski definition) is 1. The zero-order valence-corrected chi connectivity index (χ0v) is 12.3. The minimum absolute atomic E-state index is 0.0410. The van der Waals surface area contributed by atoms with Crippen molar-refractivity contribution in [2.24, 2.45) is 5.41 Å². The fourth-order valence-electron chi connectivity index (χ4n) is 0.937. The van der Waals surface area contributed by atoms with Crippen molar-refractivity contribution in [3.63, 3.8) is 0 Å². The Bertz CT molecular complexity index is 259. The van der Waals surface area contributed by atoms with Crippen LogP contribution in [0.2, 0.25) is 0 Å². The molecule has 4 heteroatoms. The Labute approximate surface area is 105 Å². The van der Waals surface area contributed by atoms with Gasteiger partial charge in [0.15, 0.2) is 0 Å². The van der Waals surface area contributed by atoms with Gasteiger partial charge in [0.1, 0.15) is 0 Å². The molecule has 0 aromatic heterocycles. The molecule has 0 unspecified atom stereocenters. The van der Waals surface area contributed by atoms with E-state index in [1.807, 2.05) is 19.9 Å². The highest BCUT2D eigenvalue weighted by Gasteiger charge is 2.35. The highest BCUT2D eigenvalue weighted by atomic mass is 35.5. The van der Waals surface area contributed by atoms with Gasteiger partial charge in [0, 0.05) is 4.93 Å². The molecule has 1 N–H and O–H groups in total. The second-order valence-corrected chi connectivity index (χ2v) is 6.80. The molecule has 0 rings (SSSR count). The van der Waals surface area contributed by atoms with E-state index < -0.39 is 11.2 Å². The molecule has 0 spiro atoms. The van der Waals surface area contributed by atoms with Gasteiger partial charge < -0.3 is 9.76 Å². The first-order valence-electron chi connectivity index (χ1n) is 5.59. The van der Waals surface area contributed by atoms with Gasteiger partial charge in [-0.25, -0.2) is 0 Å². The number of rotatable bonds is 4. The van der Waals surface area contributed by atoms with Crippen LogP contribution in [0.1, 0.15) is 48.5 Å². The van der Waals surface area contributed by atoms with E-state index >= 15 is 0 Å². The zero-order valence-electron chi connectivity index (χ0n) is 11.5. The van der Waals surface area contributed by atoms with Gasteiger partial charge in [-0.3, -0.25) is 0 Å². The molecule has 0 fully saturated rings. The van der Waals surface area contributed by atoms with Crippen molar-refractivity contribution >= 4 is 19.1 Å². The van der Waals surface area contributed by atoms with Crippen molar-refractivity contribution in [3.05, 3.63) is 11.0 Å². The third kappa shape index (κ3) is 5.93. The van der Waals surface area contributed by atoms with Crippen LogP contribution in [0.3, 0.4) is 0 Å². The van der Waals surface area contributed by atoms with Crippen molar-refractivity contribution in [3.8, 4) is 0 Å². The quantitative estimate of drug-likeness (QED) is 0.773. The summed E-state index contributed by atoms with van der Waals surface area (Å²) in [6.45, 7) is 13.4. The number of halogens is 1. The van der Waals surface area contributed by atoms with Crippen LogP contribution in [0.4, 0.5) is 0 Å². The van der Waals surface area contributed by atoms with E-state index in [1.165, 1.54) is 0 Å². The average Bonchev–Trinajstić information content (AvgIpc) is 1.95. The van der Waals surface area contributed by atoms with E-state index in [0.29, 0.717) is 12.4 Å². The molecule has 0 aromatic rings. The molecule has 0 aliphatic carbocycles. The first-order chi connectivity index (χ1) is 6.85. The molecule has 0 aliphatic rings. The van der Waals surface area contributed by atoms with Gasteiger partial charge in [-0.05, 0) is 33.1 Å². The third-order valence-corrected chi connectivity index (χ3v) is 2.85. The van der Waals surface area contributed by atoms with Crippen LogP contribution in [-0.2, 0) is 4.65 Å². The van der Waals surface area contributed by atoms with Crippen molar-refractivity contribution < 1.29 is 9.76 Å². The normalized spacial score (nSPS) is 15.2. The van der Waals surface area contributed by atoms with Crippen LogP contribution in [0, 0.1) is 5.41 Å². The SMILES string of the molecule is CC(C)(C)/C=C(/Cl)BOC(C)(C)C(C)(C)O. The first kappa shape index (κ1) is 16.0. The molecule has 0 atom stereocenters. The smallest absolute Gasteiger partial charge is 0.320 e.